The summed E-state index contributed by atoms with van der Waals surface area (Å²) >= 11 is 0. The zero-order chi connectivity index (χ0) is 22.5. The molecule has 1 unspecified atom stereocenters. The number of ether oxygens (including phenoxy) is 2. The highest BCUT2D eigenvalue weighted by molar-refractivity contribution is 5.99. The van der Waals surface area contributed by atoms with Crippen LogP contribution in [0.15, 0.2) is 28.7 Å². The van der Waals surface area contributed by atoms with Gasteiger partial charge in [0.2, 0.25) is 0 Å². The molecule has 0 saturated heterocycles. The van der Waals surface area contributed by atoms with Gasteiger partial charge in [-0.1, -0.05) is 13.0 Å². The lowest BCUT2D eigenvalue weighted by molar-refractivity contribution is 0.0864. The van der Waals surface area contributed by atoms with Crippen LogP contribution in [0, 0.1) is 0 Å². The van der Waals surface area contributed by atoms with Gasteiger partial charge in [0.15, 0.2) is 17.3 Å². The summed E-state index contributed by atoms with van der Waals surface area (Å²) < 4.78 is 16.5. The number of hydrogen-bond donors (Lipinski definition) is 3. The smallest absolute Gasteiger partial charge is 0.286 e. The van der Waals surface area contributed by atoms with E-state index in [1.807, 2.05) is 19.1 Å². The molecule has 1 aromatic heterocycles. The molecule has 1 fully saturated rings. The van der Waals surface area contributed by atoms with Gasteiger partial charge in [0, 0.05) is 25.1 Å². The number of aliphatic hydroxyl groups is 1. The molecule has 3 N–H and O–H groups in total. The molecule has 2 amide bonds. The summed E-state index contributed by atoms with van der Waals surface area (Å²) in [5, 5.41) is 15.3. The Morgan fingerprint density at radius 1 is 1.06 bits per heavy atom. The van der Waals surface area contributed by atoms with Crippen molar-refractivity contribution in [3.05, 3.63) is 46.9 Å². The van der Waals surface area contributed by atoms with Crippen molar-refractivity contribution in [2.24, 2.45) is 0 Å². The zero-order valence-electron chi connectivity index (χ0n) is 18.4. The predicted molar refractivity (Wildman–Crippen MR) is 115 cm³/mol. The minimum Gasteiger partial charge on any atom is -0.493 e. The number of hydrogen-bond acceptors (Lipinski definition) is 6. The van der Waals surface area contributed by atoms with E-state index >= 15 is 0 Å². The van der Waals surface area contributed by atoms with Gasteiger partial charge < -0.3 is 29.6 Å². The van der Waals surface area contributed by atoms with Gasteiger partial charge in [-0.25, -0.2) is 0 Å². The van der Waals surface area contributed by atoms with Crippen LogP contribution in [0.2, 0.25) is 0 Å². The van der Waals surface area contributed by atoms with E-state index in [-0.39, 0.29) is 29.7 Å². The topological polar surface area (TPSA) is 110 Å². The summed E-state index contributed by atoms with van der Waals surface area (Å²) in [6, 6.07) is 6.96. The van der Waals surface area contributed by atoms with E-state index in [1.54, 1.807) is 20.3 Å². The third-order valence-electron chi connectivity index (χ3n) is 5.79. The summed E-state index contributed by atoms with van der Waals surface area (Å²) in [5.41, 5.74) is 1.18. The molecule has 8 nitrogen and oxygen atoms in total. The van der Waals surface area contributed by atoms with Crippen LogP contribution in [0.1, 0.15) is 70.8 Å². The van der Waals surface area contributed by atoms with Crippen LogP contribution in [0.5, 0.6) is 11.5 Å². The summed E-state index contributed by atoms with van der Waals surface area (Å²) in [5.74, 6) is 0.640. The molecular weight excluding hydrogens is 400 g/mol. The van der Waals surface area contributed by atoms with Gasteiger partial charge in [-0.2, -0.15) is 0 Å². The molecule has 8 heteroatoms. The maximum absolute atomic E-state index is 13.1. The first-order chi connectivity index (χ1) is 14.9. The molecule has 2 aromatic rings. The van der Waals surface area contributed by atoms with Gasteiger partial charge in [-0.3, -0.25) is 9.59 Å². The predicted octanol–water partition coefficient (Wildman–Crippen LogP) is 2.84. The first kappa shape index (κ1) is 22.7. The van der Waals surface area contributed by atoms with E-state index in [2.05, 4.69) is 10.6 Å². The number of amides is 2. The summed E-state index contributed by atoms with van der Waals surface area (Å²) in [4.78, 5) is 25.3. The van der Waals surface area contributed by atoms with Crippen molar-refractivity contribution in [2.45, 2.75) is 50.7 Å². The van der Waals surface area contributed by atoms with Gasteiger partial charge in [0.25, 0.3) is 11.8 Å². The van der Waals surface area contributed by atoms with Crippen molar-refractivity contribution in [3.8, 4) is 11.5 Å². The molecule has 1 atom stereocenters. The molecule has 1 saturated carbocycles. The van der Waals surface area contributed by atoms with Crippen molar-refractivity contribution in [1.29, 1.82) is 0 Å². The Labute approximate surface area is 181 Å². The molecule has 0 aliphatic heterocycles. The lowest BCUT2D eigenvalue weighted by Gasteiger charge is -2.26. The lowest BCUT2D eigenvalue weighted by Crippen LogP contribution is -2.38. The Hall–Kier alpha value is -3.00. The average molecular weight is 431 g/mol. The number of rotatable bonds is 7. The number of aliphatic hydroxyl groups excluding tert-OH is 1. The van der Waals surface area contributed by atoms with Gasteiger partial charge >= 0.3 is 0 Å². The second kappa shape index (κ2) is 9.87. The highest BCUT2D eigenvalue weighted by Crippen LogP contribution is 2.35. The third kappa shape index (κ3) is 5.02. The lowest BCUT2D eigenvalue weighted by atomic mass is 9.92. The molecule has 1 aromatic carbocycles. The number of carbonyl (C=O) groups is 2. The monoisotopic (exact) mass is 430 g/mol. The molecule has 1 heterocycles. The average Bonchev–Trinajstić information content (AvgIpc) is 3.24. The molecule has 0 spiro atoms. The fourth-order valence-electron chi connectivity index (χ4n) is 3.90. The van der Waals surface area contributed by atoms with E-state index < -0.39 is 5.91 Å². The summed E-state index contributed by atoms with van der Waals surface area (Å²) in [7, 11) is 4.63. The Balaban J connectivity index is 1.92. The summed E-state index contributed by atoms with van der Waals surface area (Å²) in [6.07, 6.45) is 2.45. The van der Waals surface area contributed by atoms with Crippen molar-refractivity contribution >= 4 is 11.8 Å². The van der Waals surface area contributed by atoms with Crippen LogP contribution in [-0.4, -0.2) is 50.3 Å². The van der Waals surface area contributed by atoms with Crippen LogP contribution in [0.25, 0.3) is 0 Å². The molecule has 168 valence electrons. The maximum Gasteiger partial charge on any atom is 0.286 e. The largest absolute Gasteiger partial charge is 0.493 e. The number of nitrogens with one attached hydrogen (secondary N) is 2. The third-order valence-corrected chi connectivity index (χ3v) is 5.79. The Morgan fingerprint density at radius 3 is 2.35 bits per heavy atom. The second-order valence-electron chi connectivity index (χ2n) is 7.78. The Bertz CT molecular complexity index is 930. The molecule has 31 heavy (non-hydrogen) atoms. The van der Waals surface area contributed by atoms with Gasteiger partial charge in [-0.05, 0) is 43.4 Å². The molecule has 1 aliphatic rings. The van der Waals surface area contributed by atoms with E-state index in [0.29, 0.717) is 48.5 Å². The van der Waals surface area contributed by atoms with Crippen LogP contribution >= 0.6 is 0 Å². The SMILES string of the molecule is CNC(=O)c1cc(C(=O)NC2CCC(O)CC2)c(C(C)c2ccc(OC)c(OC)c2)o1. The van der Waals surface area contributed by atoms with E-state index in [9.17, 15) is 14.7 Å². The van der Waals surface area contributed by atoms with Crippen molar-refractivity contribution in [1.82, 2.24) is 10.6 Å². The molecular formula is C23H30N2O6. The van der Waals surface area contributed by atoms with Crippen LogP contribution in [0.3, 0.4) is 0 Å². The quantitative estimate of drug-likeness (QED) is 0.623. The molecule has 0 radical (unpaired) electrons. The number of benzene rings is 1. The molecule has 3 rings (SSSR count). The van der Waals surface area contributed by atoms with E-state index in [1.165, 1.54) is 13.1 Å². The highest BCUT2D eigenvalue weighted by Gasteiger charge is 2.28. The van der Waals surface area contributed by atoms with Crippen molar-refractivity contribution in [2.75, 3.05) is 21.3 Å². The minimum atomic E-state index is -0.402. The normalized spacial score (nSPS) is 19.4. The van der Waals surface area contributed by atoms with Crippen molar-refractivity contribution < 1.29 is 28.6 Å². The fraction of sp³-hybridized carbons (Fsp3) is 0.478. The highest BCUT2D eigenvalue weighted by atomic mass is 16.5. The minimum absolute atomic E-state index is 0.0153. The first-order valence-electron chi connectivity index (χ1n) is 10.4. The van der Waals surface area contributed by atoms with Crippen LogP contribution in [0.4, 0.5) is 0 Å². The summed E-state index contributed by atoms with van der Waals surface area (Å²) in [6.45, 7) is 1.90. The first-order valence-corrected chi connectivity index (χ1v) is 10.4. The van der Waals surface area contributed by atoms with Gasteiger partial charge in [0.05, 0.1) is 25.9 Å². The van der Waals surface area contributed by atoms with Gasteiger partial charge in [0.1, 0.15) is 5.76 Å². The Kier molecular flexibility index (Phi) is 7.22. The zero-order valence-corrected chi connectivity index (χ0v) is 18.4. The maximum atomic E-state index is 13.1. The second-order valence-corrected chi connectivity index (χ2v) is 7.78. The molecule has 0 bridgehead atoms. The Morgan fingerprint density at radius 2 is 1.74 bits per heavy atom. The number of furan rings is 1. The fourth-order valence-corrected chi connectivity index (χ4v) is 3.90. The van der Waals surface area contributed by atoms with Crippen LogP contribution in [-0.2, 0) is 0 Å². The van der Waals surface area contributed by atoms with Gasteiger partial charge in [-0.15, -0.1) is 0 Å². The van der Waals surface area contributed by atoms with E-state index in [4.69, 9.17) is 13.9 Å². The van der Waals surface area contributed by atoms with Crippen molar-refractivity contribution in [3.63, 3.8) is 0 Å². The van der Waals surface area contributed by atoms with E-state index in [0.717, 1.165) is 5.56 Å². The van der Waals surface area contributed by atoms with Crippen LogP contribution < -0.4 is 20.1 Å². The number of methoxy groups -OCH3 is 2. The standard InChI is InChI=1S/C23H30N2O6/c1-13(14-5-10-18(29-3)19(11-14)30-4)21-17(12-20(31-21)23(28)24-2)22(27)25-15-6-8-16(26)9-7-15/h5,10-13,15-16,26H,6-9H2,1-4H3,(H,24,28)(H,25,27). The molecule has 1 aliphatic carbocycles. The number of carbonyl (C=O) groups excluding carboxylic acids is 2.